The van der Waals surface area contributed by atoms with Crippen LogP contribution in [-0.4, -0.2) is 72.8 Å². The van der Waals surface area contributed by atoms with Gasteiger partial charge in [0.05, 0.1) is 17.2 Å². The number of fused-ring (bicyclic) bond motifs is 3. The van der Waals surface area contributed by atoms with Crippen LogP contribution in [0.4, 0.5) is 17.2 Å². The van der Waals surface area contributed by atoms with E-state index in [1.165, 1.54) is 11.2 Å². The van der Waals surface area contributed by atoms with Crippen LogP contribution >= 0.6 is 0 Å². The molecule has 3 heterocycles. The maximum absolute atomic E-state index is 13.1. The first-order chi connectivity index (χ1) is 15.6. The Hall–Kier alpha value is -3.38. The molecule has 12 heteroatoms. The van der Waals surface area contributed by atoms with Crippen molar-refractivity contribution in [2.24, 2.45) is 4.99 Å². The molecule has 0 spiro atoms. The largest absolute Gasteiger partial charge is 0.370 e. The Bertz CT molecular complexity index is 1430. The minimum absolute atomic E-state index is 0.237. The third-order valence-corrected chi connectivity index (χ3v) is 6.37. The molecule has 0 fully saturated rings. The van der Waals surface area contributed by atoms with E-state index >= 15 is 0 Å². The molecule has 0 radical (unpaired) electrons. The number of aryl methyl sites for hydroxylation is 1. The van der Waals surface area contributed by atoms with Crippen LogP contribution in [0.1, 0.15) is 19.4 Å². The van der Waals surface area contributed by atoms with E-state index < -0.39 is 10.0 Å². The van der Waals surface area contributed by atoms with Crippen LogP contribution < -0.4 is 19.7 Å². The molecule has 1 N–H and O–H groups in total. The van der Waals surface area contributed by atoms with Crippen molar-refractivity contribution in [2.45, 2.75) is 20.8 Å². The summed E-state index contributed by atoms with van der Waals surface area (Å²) < 4.78 is 26.7. The molecule has 2 aromatic heterocycles. The Morgan fingerprint density at radius 1 is 1.24 bits per heavy atom. The van der Waals surface area contributed by atoms with E-state index in [9.17, 15) is 13.2 Å². The minimum Gasteiger partial charge on any atom is -0.370 e. The number of rotatable bonds is 7. The first-order valence-corrected chi connectivity index (χ1v) is 12.4. The van der Waals surface area contributed by atoms with E-state index in [1.54, 1.807) is 11.6 Å². The van der Waals surface area contributed by atoms with Gasteiger partial charge in [-0.3, -0.25) is 9.69 Å². The molecule has 1 amide bonds. The Labute approximate surface area is 191 Å². The topological polar surface area (TPSA) is 125 Å². The number of sulfonamides is 1. The van der Waals surface area contributed by atoms with Gasteiger partial charge in [0, 0.05) is 32.4 Å². The molecular weight excluding hydrogens is 444 g/mol. The number of carbonyl (C=O) groups is 1. The average Bonchev–Trinajstić information content (AvgIpc) is 3.34. The summed E-state index contributed by atoms with van der Waals surface area (Å²) in [6, 6.07) is 5.78. The molecule has 0 bridgehead atoms. The molecule has 1 aliphatic heterocycles. The number of benzene rings is 1. The van der Waals surface area contributed by atoms with Crippen molar-refractivity contribution in [2.75, 3.05) is 42.7 Å². The molecule has 0 atom stereocenters. The molecule has 3 aromatic rings. The number of amides is 1. The molecule has 11 nitrogen and oxygen atoms in total. The second kappa shape index (κ2) is 8.52. The Kier molecular flexibility index (Phi) is 5.89. The third kappa shape index (κ3) is 4.31. The highest BCUT2D eigenvalue weighted by Gasteiger charge is 2.31. The number of likely N-dealkylation sites (N-methyl/N-ethyl adjacent to an activating group) is 1. The second-order valence-electron chi connectivity index (χ2n) is 7.96. The van der Waals surface area contributed by atoms with E-state index in [2.05, 4.69) is 24.9 Å². The fourth-order valence-corrected chi connectivity index (χ4v) is 4.34. The smallest absolute Gasteiger partial charge is 0.278 e. The number of carbonyl (C=O) groups excluding carboxylic acids is 1. The molecule has 1 aromatic carbocycles. The molecule has 4 rings (SSSR count). The maximum atomic E-state index is 13.1. The summed E-state index contributed by atoms with van der Waals surface area (Å²) in [5, 5.41) is 13.2. The number of aromatic nitrogens is 4. The normalized spacial score (nSPS) is 15.5. The lowest BCUT2D eigenvalue weighted by molar-refractivity contribution is -0.112. The molecule has 0 aliphatic carbocycles. The van der Waals surface area contributed by atoms with Gasteiger partial charge in [0.15, 0.2) is 11.5 Å². The van der Waals surface area contributed by atoms with E-state index in [4.69, 9.17) is 4.99 Å². The first kappa shape index (κ1) is 22.8. The highest BCUT2D eigenvalue weighted by atomic mass is 32.2. The summed E-state index contributed by atoms with van der Waals surface area (Å²) in [6.07, 6.45) is 2.65. The maximum Gasteiger partial charge on any atom is 0.278 e. The molecule has 0 saturated heterocycles. The third-order valence-electron chi connectivity index (χ3n) is 5.64. The number of aliphatic imine (C=N–C) groups is 1. The van der Waals surface area contributed by atoms with E-state index in [1.807, 2.05) is 39.0 Å². The van der Waals surface area contributed by atoms with Crippen LogP contribution in [0.25, 0.3) is 11.2 Å². The number of nitrogens with one attached hydrogen (secondary N) is 1. The fourth-order valence-electron chi connectivity index (χ4n) is 3.87. The highest BCUT2D eigenvalue weighted by Crippen LogP contribution is 2.27. The Morgan fingerprint density at radius 3 is 2.67 bits per heavy atom. The molecule has 1 aliphatic rings. The standard InChI is InChI=1S/C21H26N8O3S/c1-6-28(10-9-23-33(5,31)32)15-7-8-16(13(2)11-15)24-18-14(3)17-19-25-22-12-29(19)26-20(17)27(4)21(18)30/h7-8,11-12,23H,6,9-10H2,1-5H3. The number of nitrogens with zero attached hydrogens (tertiary/aromatic N) is 7. The average molecular weight is 471 g/mol. The summed E-state index contributed by atoms with van der Waals surface area (Å²) in [6.45, 7) is 7.36. The van der Waals surface area contributed by atoms with Gasteiger partial charge in [0.2, 0.25) is 10.0 Å². The molecule has 0 unspecified atom stereocenters. The number of hydrogen-bond acceptors (Lipinski definition) is 8. The number of anilines is 2. The monoisotopic (exact) mass is 470 g/mol. The van der Waals surface area contributed by atoms with Crippen LogP contribution in [0.3, 0.4) is 0 Å². The van der Waals surface area contributed by atoms with Gasteiger partial charge < -0.3 is 4.90 Å². The van der Waals surface area contributed by atoms with Gasteiger partial charge in [0.25, 0.3) is 5.91 Å². The summed E-state index contributed by atoms with van der Waals surface area (Å²) in [5.41, 5.74) is 4.16. The molecular formula is C21H26N8O3S. The van der Waals surface area contributed by atoms with Gasteiger partial charge in [-0.15, -0.1) is 15.3 Å². The zero-order valence-electron chi connectivity index (χ0n) is 19.2. The lowest BCUT2D eigenvalue weighted by atomic mass is 10.0. The van der Waals surface area contributed by atoms with Crippen LogP contribution in [-0.2, 0) is 14.8 Å². The van der Waals surface area contributed by atoms with Gasteiger partial charge in [-0.25, -0.2) is 18.1 Å². The summed E-state index contributed by atoms with van der Waals surface area (Å²) in [4.78, 5) is 21.3. The van der Waals surface area contributed by atoms with Crippen molar-refractivity contribution in [1.29, 1.82) is 0 Å². The van der Waals surface area contributed by atoms with Gasteiger partial charge in [-0.1, -0.05) is 0 Å². The Morgan fingerprint density at radius 2 is 2.00 bits per heavy atom. The first-order valence-electron chi connectivity index (χ1n) is 10.5. The van der Waals surface area contributed by atoms with E-state index in [-0.39, 0.29) is 5.91 Å². The van der Waals surface area contributed by atoms with E-state index in [0.29, 0.717) is 41.5 Å². The molecule has 174 valence electrons. The SMILES string of the molecule is CCN(CCNS(C)(=O)=O)c1ccc(N=C2C(=O)N(C)c3nn4cnnc4c3=C2C)c(C)c1. The molecule has 0 saturated carbocycles. The van der Waals surface area contributed by atoms with Gasteiger partial charge in [-0.2, -0.15) is 4.52 Å². The van der Waals surface area contributed by atoms with Crippen molar-refractivity contribution in [1.82, 2.24) is 24.5 Å². The summed E-state index contributed by atoms with van der Waals surface area (Å²) in [7, 11) is -1.56. The van der Waals surface area contributed by atoms with Crippen LogP contribution in [0.2, 0.25) is 0 Å². The van der Waals surface area contributed by atoms with Crippen molar-refractivity contribution in [3.05, 3.63) is 35.3 Å². The summed E-state index contributed by atoms with van der Waals surface area (Å²) in [5.74, 6) is 0.300. The van der Waals surface area contributed by atoms with Crippen molar-refractivity contribution in [3.8, 4) is 0 Å². The zero-order valence-corrected chi connectivity index (χ0v) is 20.0. The lowest BCUT2D eigenvalue weighted by Crippen LogP contribution is -2.42. The van der Waals surface area contributed by atoms with Crippen LogP contribution in [0, 0.1) is 6.92 Å². The zero-order chi connectivity index (χ0) is 23.9. The van der Waals surface area contributed by atoms with Gasteiger partial charge >= 0.3 is 0 Å². The Balaban J connectivity index is 1.68. The van der Waals surface area contributed by atoms with Crippen LogP contribution in [0.5, 0.6) is 0 Å². The predicted molar refractivity (Wildman–Crippen MR) is 127 cm³/mol. The highest BCUT2D eigenvalue weighted by molar-refractivity contribution is 7.88. The van der Waals surface area contributed by atoms with E-state index in [0.717, 1.165) is 29.3 Å². The van der Waals surface area contributed by atoms with Gasteiger partial charge in [0.1, 0.15) is 12.0 Å². The minimum atomic E-state index is -3.23. The number of hydrogen-bond donors (Lipinski definition) is 1. The lowest BCUT2D eigenvalue weighted by Gasteiger charge is -2.24. The molecule has 33 heavy (non-hydrogen) atoms. The van der Waals surface area contributed by atoms with Crippen molar-refractivity contribution < 1.29 is 13.2 Å². The quantitative estimate of drug-likeness (QED) is 0.531. The second-order valence-corrected chi connectivity index (χ2v) is 9.80. The van der Waals surface area contributed by atoms with Crippen molar-refractivity contribution >= 4 is 50.1 Å². The van der Waals surface area contributed by atoms with Gasteiger partial charge in [-0.05, 0) is 50.1 Å². The fraction of sp³-hybridized carbons (Fsp3) is 0.381. The van der Waals surface area contributed by atoms with Crippen molar-refractivity contribution in [3.63, 3.8) is 0 Å². The summed E-state index contributed by atoms with van der Waals surface area (Å²) >= 11 is 0. The van der Waals surface area contributed by atoms with Crippen LogP contribution in [0.15, 0.2) is 29.5 Å². The predicted octanol–water partition coefficient (Wildman–Crippen LogP) is 0.447.